The van der Waals surface area contributed by atoms with Crippen molar-refractivity contribution in [3.63, 3.8) is 0 Å². The molecule has 3 heterocycles. The maximum absolute atomic E-state index is 12.9. The van der Waals surface area contributed by atoms with Gasteiger partial charge in [0, 0.05) is 39.0 Å². The molecule has 1 fully saturated rings. The molecule has 1 aliphatic rings. The minimum atomic E-state index is -3.69. The minimum Gasteiger partial charge on any atom is -0.441 e. The van der Waals surface area contributed by atoms with E-state index in [4.69, 9.17) is 8.94 Å². The second-order valence-corrected chi connectivity index (χ2v) is 8.89. The van der Waals surface area contributed by atoms with Crippen molar-refractivity contribution in [3.8, 4) is 0 Å². The van der Waals surface area contributed by atoms with Gasteiger partial charge in [0.1, 0.15) is 16.1 Å². The molecule has 1 amide bonds. The number of benzene rings is 1. The van der Waals surface area contributed by atoms with Crippen LogP contribution in [-0.2, 0) is 21.2 Å². The fraction of sp³-hybridized carbons (Fsp3) is 0.421. The van der Waals surface area contributed by atoms with Crippen molar-refractivity contribution in [1.29, 1.82) is 0 Å². The highest BCUT2D eigenvalue weighted by Crippen LogP contribution is 2.24. The molecular formula is C19H22N4O5S. The van der Waals surface area contributed by atoms with Crippen molar-refractivity contribution in [2.75, 3.05) is 26.2 Å². The number of piperazine rings is 1. The van der Waals surface area contributed by atoms with Crippen molar-refractivity contribution >= 4 is 27.0 Å². The number of carbonyl (C=O) groups is 1. The summed E-state index contributed by atoms with van der Waals surface area (Å²) < 4.78 is 37.7. The van der Waals surface area contributed by atoms with E-state index in [1.807, 2.05) is 24.3 Å². The lowest BCUT2D eigenvalue weighted by molar-refractivity contribution is -0.132. The lowest BCUT2D eigenvalue weighted by atomic mass is 10.2. The summed E-state index contributed by atoms with van der Waals surface area (Å²) in [5.41, 5.74) is 1.82. The van der Waals surface area contributed by atoms with Gasteiger partial charge < -0.3 is 13.8 Å². The highest BCUT2D eigenvalue weighted by molar-refractivity contribution is 7.89. The molecule has 4 rings (SSSR count). The summed E-state index contributed by atoms with van der Waals surface area (Å²) in [4.78, 5) is 18.7. The predicted molar refractivity (Wildman–Crippen MR) is 104 cm³/mol. The first-order valence-electron chi connectivity index (χ1n) is 9.41. The van der Waals surface area contributed by atoms with Crippen LogP contribution in [0.1, 0.15) is 23.8 Å². The molecule has 29 heavy (non-hydrogen) atoms. The highest BCUT2D eigenvalue weighted by Gasteiger charge is 2.34. The van der Waals surface area contributed by atoms with Crippen LogP contribution in [0.25, 0.3) is 11.1 Å². The van der Waals surface area contributed by atoms with E-state index in [0.29, 0.717) is 36.7 Å². The van der Waals surface area contributed by atoms with E-state index in [9.17, 15) is 13.2 Å². The number of aryl methyl sites for hydroxylation is 3. The number of sulfonamides is 1. The van der Waals surface area contributed by atoms with E-state index in [-0.39, 0.29) is 36.1 Å². The molecule has 0 N–H and O–H groups in total. The minimum absolute atomic E-state index is 0.0401. The Labute approximate surface area is 168 Å². The molecular weight excluding hydrogens is 396 g/mol. The smallest absolute Gasteiger partial charge is 0.248 e. The molecule has 10 heteroatoms. The van der Waals surface area contributed by atoms with E-state index < -0.39 is 10.0 Å². The van der Waals surface area contributed by atoms with Crippen molar-refractivity contribution in [1.82, 2.24) is 19.3 Å². The Morgan fingerprint density at radius 3 is 2.52 bits per heavy atom. The summed E-state index contributed by atoms with van der Waals surface area (Å²) in [6.07, 6.45) is 0.675. The Morgan fingerprint density at radius 1 is 1.14 bits per heavy atom. The Balaban J connectivity index is 1.35. The second-order valence-electron chi connectivity index (χ2n) is 7.01. The predicted octanol–water partition coefficient (Wildman–Crippen LogP) is 1.90. The summed E-state index contributed by atoms with van der Waals surface area (Å²) in [7, 11) is -3.69. The average Bonchev–Trinajstić information content (AvgIpc) is 3.28. The standard InChI is InChI=1S/C19H22N4O5S/c1-13-19(14(2)28-21-13)29(25,26)23-11-9-22(10-12-23)18(24)8-7-17-20-15-5-3-4-6-16(15)27-17/h3-6H,7-12H2,1-2H3. The number of hydrogen-bond donors (Lipinski definition) is 0. The van der Waals surface area contributed by atoms with Gasteiger partial charge in [0.25, 0.3) is 0 Å². The number of rotatable bonds is 5. The van der Waals surface area contributed by atoms with Crippen molar-refractivity contribution in [2.45, 2.75) is 31.6 Å². The zero-order valence-corrected chi connectivity index (χ0v) is 17.1. The average molecular weight is 418 g/mol. The number of nitrogens with zero attached hydrogens (tertiary/aromatic N) is 4. The van der Waals surface area contributed by atoms with Crippen LogP contribution < -0.4 is 0 Å². The SMILES string of the molecule is Cc1noc(C)c1S(=O)(=O)N1CCN(C(=O)CCc2nc3ccccc3o2)CC1. The molecule has 0 saturated carbocycles. The normalized spacial score (nSPS) is 15.9. The molecule has 154 valence electrons. The Bertz CT molecular complexity index is 1090. The Hall–Kier alpha value is -2.72. The third-order valence-electron chi connectivity index (χ3n) is 5.05. The van der Waals surface area contributed by atoms with Crippen LogP contribution in [0.3, 0.4) is 0 Å². The monoisotopic (exact) mass is 418 g/mol. The van der Waals surface area contributed by atoms with E-state index in [2.05, 4.69) is 10.1 Å². The maximum Gasteiger partial charge on any atom is 0.248 e. The molecule has 3 aromatic rings. The summed E-state index contributed by atoms with van der Waals surface area (Å²) in [6.45, 7) is 4.35. The molecule has 0 aliphatic carbocycles. The van der Waals surface area contributed by atoms with Crippen LogP contribution in [0, 0.1) is 13.8 Å². The molecule has 0 bridgehead atoms. The van der Waals surface area contributed by atoms with Gasteiger partial charge in [-0.2, -0.15) is 4.31 Å². The number of para-hydroxylation sites is 2. The van der Waals surface area contributed by atoms with E-state index in [1.165, 1.54) is 4.31 Å². The van der Waals surface area contributed by atoms with Crippen LogP contribution in [-0.4, -0.2) is 59.8 Å². The van der Waals surface area contributed by atoms with Crippen LogP contribution in [0.15, 0.2) is 38.1 Å². The first-order valence-corrected chi connectivity index (χ1v) is 10.9. The van der Waals surface area contributed by atoms with Crippen molar-refractivity contribution in [2.24, 2.45) is 0 Å². The highest BCUT2D eigenvalue weighted by atomic mass is 32.2. The lowest BCUT2D eigenvalue weighted by Crippen LogP contribution is -2.50. The summed E-state index contributed by atoms with van der Waals surface area (Å²) in [5, 5.41) is 3.73. The molecule has 1 aromatic carbocycles. The first-order chi connectivity index (χ1) is 13.9. The Kier molecular flexibility index (Phi) is 5.13. The van der Waals surface area contributed by atoms with Crippen LogP contribution in [0.5, 0.6) is 0 Å². The van der Waals surface area contributed by atoms with E-state index in [1.54, 1.807) is 18.7 Å². The van der Waals surface area contributed by atoms with Crippen molar-refractivity contribution in [3.05, 3.63) is 41.6 Å². The van der Waals surface area contributed by atoms with Gasteiger partial charge in [0.2, 0.25) is 15.9 Å². The number of carbonyl (C=O) groups excluding carboxylic acids is 1. The van der Waals surface area contributed by atoms with Gasteiger partial charge in [-0.05, 0) is 26.0 Å². The van der Waals surface area contributed by atoms with Gasteiger partial charge in [-0.25, -0.2) is 13.4 Å². The molecule has 1 aliphatic heterocycles. The van der Waals surface area contributed by atoms with Crippen LogP contribution in [0.2, 0.25) is 0 Å². The van der Waals surface area contributed by atoms with Crippen LogP contribution >= 0.6 is 0 Å². The summed E-state index contributed by atoms with van der Waals surface area (Å²) in [6, 6.07) is 7.46. The number of oxazole rings is 1. The zero-order valence-electron chi connectivity index (χ0n) is 16.3. The quantitative estimate of drug-likeness (QED) is 0.622. The van der Waals surface area contributed by atoms with Gasteiger partial charge in [0.05, 0.1) is 0 Å². The van der Waals surface area contributed by atoms with Gasteiger partial charge >= 0.3 is 0 Å². The number of hydrogen-bond acceptors (Lipinski definition) is 7. The molecule has 0 atom stereocenters. The zero-order chi connectivity index (χ0) is 20.6. The number of aromatic nitrogens is 2. The molecule has 0 unspecified atom stereocenters. The number of amides is 1. The van der Waals surface area contributed by atoms with Gasteiger partial charge in [-0.15, -0.1) is 0 Å². The summed E-state index contributed by atoms with van der Waals surface area (Å²) >= 11 is 0. The van der Waals surface area contributed by atoms with Gasteiger partial charge in [0.15, 0.2) is 17.2 Å². The molecule has 0 spiro atoms. The summed E-state index contributed by atoms with van der Waals surface area (Å²) in [5.74, 6) is 0.764. The fourth-order valence-corrected chi connectivity index (χ4v) is 5.26. The fourth-order valence-electron chi connectivity index (χ4n) is 3.55. The first kappa shape index (κ1) is 19.6. The second kappa shape index (κ2) is 7.60. The van der Waals surface area contributed by atoms with Crippen molar-refractivity contribution < 1.29 is 22.2 Å². The van der Waals surface area contributed by atoms with E-state index in [0.717, 1.165) is 5.52 Å². The van der Waals surface area contributed by atoms with Gasteiger partial charge in [-0.3, -0.25) is 4.79 Å². The number of fused-ring (bicyclic) bond motifs is 1. The molecule has 0 radical (unpaired) electrons. The largest absolute Gasteiger partial charge is 0.441 e. The van der Waals surface area contributed by atoms with E-state index >= 15 is 0 Å². The molecule has 1 saturated heterocycles. The molecule has 2 aromatic heterocycles. The third kappa shape index (κ3) is 3.77. The maximum atomic E-state index is 12.9. The Morgan fingerprint density at radius 2 is 1.86 bits per heavy atom. The third-order valence-corrected chi connectivity index (χ3v) is 7.19. The molecule has 9 nitrogen and oxygen atoms in total. The van der Waals surface area contributed by atoms with Crippen LogP contribution in [0.4, 0.5) is 0 Å². The lowest BCUT2D eigenvalue weighted by Gasteiger charge is -2.33. The topological polar surface area (TPSA) is 110 Å². The van der Waals surface area contributed by atoms with Gasteiger partial charge in [-0.1, -0.05) is 17.3 Å².